The zero-order valence-electron chi connectivity index (χ0n) is 12.7. The maximum Gasteiger partial charge on any atom is 0.113 e. The Labute approximate surface area is 137 Å². The minimum Gasteiger partial charge on any atom is -0.248 e. The van der Waals surface area contributed by atoms with Gasteiger partial charge < -0.3 is 0 Å². The highest BCUT2D eigenvalue weighted by molar-refractivity contribution is 6.32. The summed E-state index contributed by atoms with van der Waals surface area (Å²) < 4.78 is 0. The van der Waals surface area contributed by atoms with Crippen LogP contribution < -0.4 is 5.46 Å². The van der Waals surface area contributed by atoms with Gasteiger partial charge in [0.25, 0.3) is 0 Å². The molecule has 0 aliphatic heterocycles. The molecule has 4 rings (SSSR count). The van der Waals surface area contributed by atoms with Crippen LogP contribution in [0.25, 0.3) is 28.6 Å². The number of hydrogen-bond acceptors (Lipinski definition) is 2. The summed E-state index contributed by atoms with van der Waals surface area (Å²) in [6, 6.07) is 18.0. The van der Waals surface area contributed by atoms with Gasteiger partial charge in [-0.3, -0.25) is 0 Å². The fourth-order valence-corrected chi connectivity index (χ4v) is 2.86. The Hall–Kier alpha value is -2.68. The van der Waals surface area contributed by atoms with E-state index in [0.29, 0.717) is 0 Å². The van der Waals surface area contributed by atoms with E-state index < -0.39 is 0 Å². The number of aryl methyl sites for hydroxylation is 1. The maximum absolute atomic E-state index is 5.82. The molecular formula is C20H15BN2. The Morgan fingerprint density at radius 2 is 1.48 bits per heavy atom. The van der Waals surface area contributed by atoms with E-state index in [-0.39, 0.29) is 0 Å². The predicted molar refractivity (Wildman–Crippen MR) is 95.6 cm³/mol. The molecular weight excluding hydrogens is 279 g/mol. The van der Waals surface area contributed by atoms with Crippen molar-refractivity contribution in [2.45, 2.75) is 12.8 Å². The maximum atomic E-state index is 5.82. The Balaban J connectivity index is 1.95. The van der Waals surface area contributed by atoms with Crippen LogP contribution in [0.15, 0.2) is 60.7 Å². The highest BCUT2D eigenvalue weighted by Gasteiger charge is 2.16. The van der Waals surface area contributed by atoms with Gasteiger partial charge in [-0.1, -0.05) is 66.1 Å². The van der Waals surface area contributed by atoms with Crippen LogP contribution in [0.5, 0.6) is 0 Å². The quantitative estimate of drug-likeness (QED) is 0.675. The van der Waals surface area contributed by atoms with Crippen LogP contribution in [-0.4, -0.2) is 17.8 Å². The van der Waals surface area contributed by atoms with Crippen molar-refractivity contribution in [2.75, 3.05) is 0 Å². The smallest absolute Gasteiger partial charge is 0.113 e. The van der Waals surface area contributed by atoms with Gasteiger partial charge in [0.2, 0.25) is 0 Å². The topological polar surface area (TPSA) is 25.8 Å². The molecule has 0 unspecified atom stereocenters. The Morgan fingerprint density at radius 3 is 2.26 bits per heavy atom. The largest absolute Gasteiger partial charge is 0.248 e. The van der Waals surface area contributed by atoms with Crippen LogP contribution >= 0.6 is 0 Å². The zero-order chi connectivity index (χ0) is 15.6. The first kappa shape index (κ1) is 14.0. The summed E-state index contributed by atoms with van der Waals surface area (Å²) >= 11 is 0. The summed E-state index contributed by atoms with van der Waals surface area (Å²) in [6.07, 6.45) is 6.20. The minimum atomic E-state index is 0.754. The van der Waals surface area contributed by atoms with Crippen LogP contribution in [0.3, 0.4) is 0 Å². The molecule has 0 bridgehead atoms. The van der Waals surface area contributed by atoms with Crippen LogP contribution in [0.1, 0.15) is 17.8 Å². The summed E-state index contributed by atoms with van der Waals surface area (Å²) in [5.41, 5.74) is 6.76. The molecule has 1 aromatic heterocycles. The van der Waals surface area contributed by atoms with Crippen LogP contribution in [0.4, 0.5) is 0 Å². The lowest BCUT2D eigenvalue weighted by Crippen LogP contribution is -2.06. The summed E-state index contributed by atoms with van der Waals surface area (Å²) in [5.74, 6) is 0. The summed E-state index contributed by atoms with van der Waals surface area (Å²) in [4.78, 5) is 9.84. The van der Waals surface area contributed by atoms with E-state index in [2.05, 4.69) is 24.3 Å². The molecule has 0 spiro atoms. The molecule has 23 heavy (non-hydrogen) atoms. The number of benzene rings is 2. The van der Waals surface area contributed by atoms with Crippen molar-refractivity contribution in [3.63, 3.8) is 0 Å². The van der Waals surface area contributed by atoms with Gasteiger partial charge in [-0.15, -0.1) is 0 Å². The van der Waals surface area contributed by atoms with Crippen molar-refractivity contribution in [3.05, 3.63) is 72.1 Å². The average molecular weight is 294 g/mol. The molecule has 0 saturated carbocycles. The summed E-state index contributed by atoms with van der Waals surface area (Å²) in [7, 11) is 5.82. The lowest BCUT2D eigenvalue weighted by molar-refractivity contribution is 0.907. The molecule has 0 N–H and O–H groups in total. The SMILES string of the molecule is [B]c1ccc(-c2nc3c(nc2-c2ccccc2)C=CCC3)cc1. The lowest BCUT2D eigenvalue weighted by atomic mass is 9.93. The third-order valence-corrected chi connectivity index (χ3v) is 4.05. The standard InChI is InChI=1S/C20H15BN2/c21-16-12-10-15(11-13-16)20-19(14-6-2-1-3-7-14)22-17-8-4-5-9-18(17)23-20/h1-4,6-8,10-13H,5,9H2. The molecule has 2 nitrogen and oxygen atoms in total. The molecule has 0 atom stereocenters. The predicted octanol–water partition coefficient (Wildman–Crippen LogP) is 3.56. The van der Waals surface area contributed by atoms with Crippen LogP contribution in [0.2, 0.25) is 0 Å². The average Bonchev–Trinajstić information content (AvgIpc) is 2.62. The number of rotatable bonds is 2. The number of fused-ring (bicyclic) bond motifs is 1. The van der Waals surface area contributed by atoms with Gasteiger partial charge in [-0.05, 0) is 18.9 Å². The first-order chi connectivity index (χ1) is 11.3. The second-order valence-electron chi connectivity index (χ2n) is 5.68. The fourth-order valence-electron chi connectivity index (χ4n) is 2.86. The monoisotopic (exact) mass is 294 g/mol. The molecule has 3 heteroatoms. The Bertz CT molecular complexity index is 868. The molecule has 1 aliphatic carbocycles. The van der Waals surface area contributed by atoms with Gasteiger partial charge in [0.15, 0.2) is 0 Å². The summed E-state index contributed by atoms with van der Waals surface area (Å²) in [6.45, 7) is 0. The highest BCUT2D eigenvalue weighted by Crippen LogP contribution is 2.31. The second-order valence-corrected chi connectivity index (χ2v) is 5.68. The second kappa shape index (κ2) is 5.84. The molecule has 1 heterocycles. The van der Waals surface area contributed by atoms with Gasteiger partial charge in [-0.2, -0.15) is 0 Å². The molecule has 108 valence electrons. The van der Waals surface area contributed by atoms with Gasteiger partial charge in [0, 0.05) is 11.1 Å². The van der Waals surface area contributed by atoms with E-state index in [0.717, 1.165) is 52.2 Å². The molecule has 0 fully saturated rings. The van der Waals surface area contributed by atoms with Gasteiger partial charge >= 0.3 is 0 Å². The van der Waals surface area contributed by atoms with Gasteiger partial charge in [-0.25, -0.2) is 9.97 Å². The van der Waals surface area contributed by atoms with Crippen molar-refractivity contribution in [1.82, 2.24) is 9.97 Å². The van der Waals surface area contributed by atoms with E-state index >= 15 is 0 Å². The molecule has 2 radical (unpaired) electrons. The van der Waals surface area contributed by atoms with Crippen molar-refractivity contribution >= 4 is 19.4 Å². The first-order valence-electron chi connectivity index (χ1n) is 7.80. The zero-order valence-corrected chi connectivity index (χ0v) is 12.7. The van der Waals surface area contributed by atoms with Crippen molar-refractivity contribution in [2.24, 2.45) is 0 Å². The number of nitrogens with zero attached hydrogens (tertiary/aromatic N) is 2. The van der Waals surface area contributed by atoms with Crippen molar-refractivity contribution < 1.29 is 0 Å². The minimum absolute atomic E-state index is 0.754. The molecule has 2 aromatic carbocycles. The normalized spacial score (nSPS) is 12.9. The third kappa shape index (κ3) is 2.70. The van der Waals surface area contributed by atoms with Gasteiger partial charge in [0.1, 0.15) is 7.85 Å². The number of aromatic nitrogens is 2. The van der Waals surface area contributed by atoms with E-state index in [1.807, 2.05) is 42.5 Å². The Kier molecular flexibility index (Phi) is 3.54. The number of allylic oxidation sites excluding steroid dienone is 1. The lowest BCUT2D eigenvalue weighted by Gasteiger charge is -2.15. The van der Waals surface area contributed by atoms with Crippen LogP contribution in [-0.2, 0) is 6.42 Å². The van der Waals surface area contributed by atoms with E-state index in [1.54, 1.807) is 0 Å². The summed E-state index contributed by atoms with van der Waals surface area (Å²) in [5, 5.41) is 0. The fraction of sp³-hybridized carbons (Fsp3) is 0.100. The highest BCUT2D eigenvalue weighted by atomic mass is 14.9. The molecule has 1 aliphatic rings. The van der Waals surface area contributed by atoms with Crippen molar-refractivity contribution in [3.8, 4) is 22.5 Å². The first-order valence-corrected chi connectivity index (χ1v) is 7.80. The number of hydrogen-bond donors (Lipinski definition) is 0. The third-order valence-electron chi connectivity index (χ3n) is 4.05. The molecule has 3 aromatic rings. The van der Waals surface area contributed by atoms with E-state index in [9.17, 15) is 0 Å². The Morgan fingerprint density at radius 1 is 0.783 bits per heavy atom. The molecule has 0 amide bonds. The van der Waals surface area contributed by atoms with Gasteiger partial charge in [0.05, 0.1) is 22.8 Å². The van der Waals surface area contributed by atoms with E-state index in [1.165, 1.54) is 0 Å². The van der Waals surface area contributed by atoms with Crippen molar-refractivity contribution in [1.29, 1.82) is 0 Å². The molecule has 0 saturated heterocycles. The van der Waals surface area contributed by atoms with Crippen LogP contribution in [0, 0.1) is 0 Å². The van der Waals surface area contributed by atoms with E-state index in [4.69, 9.17) is 17.8 Å².